The minimum absolute atomic E-state index is 0.00121. The van der Waals surface area contributed by atoms with Crippen LogP contribution in [0.4, 0.5) is 0 Å². The first-order chi connectivity index (χ1) is 22.3. The molecule has 0 bridgehead atoms. The van der Waals surface area contributed by atoms with Crippen LogP contribution in [0.25, 0.3) is 33.4 Å². The van der Waals surface area contributed by atoms with Gasteiger partial charge in [0.1, 0.15) is 0 Å². The zero-order valence-electron chi connectivity index (χ0n) is 28.6. The van der Waals surface area contributed by atoms with Gasteiger partial charge in [-0.25, -0.2) is 8.42 Å². The largest absolute Gasteiger partial charge is 0.218 e. The SMILES string of the molecule is CCCCCCCCC1(CCCCCCCC)c2cc(C)ccc2-c2ccc(-c3ccc4c(c3)S(=O)(=O)c3cc(C)ccc3-4)cc21. The van der Waals surface area contributed by atoms with Gasteiger partial charge in [-0.05, 0) is 83.8 Å². The van der Waals surface area contributed by atoms with Gasteiger partial charge >= 0.3 is 0 Å². The van der Waals surface area contributed by atoms with Crippen LogP contribution in [0.2, 0.25) is 0 Å². The number of sulfone groups is 1. The predicted octanol–water partition coefficient (Wildman–Crippen LogP) is 12.6. The zero-order valence-corrected chi connectivity index (χ0v) is 29.4. The van der Waals surface area contributed by atoms with Gasteiger partial charge in [-0.1, -0.05) is 151 Å². The number of rotatable bonds is 15. The molecule has 6 rings (SSSR count). The lowest BCUT2D eigenvalue weighted by Gasteiger charge is -2.33. The van der Waals surface area contributed by atoms with Gasteiger partial charge < -0.3 is 0 Å². The fraction of sp³-hybridized carbons (Fsp3) is 0.442. The summed E-state index contributed by atoms with van der Waals surface area (Å²) in [6.45, 7) is 8.77. The summed E-state index contributed by atoms with van der Waals surface area (Å²) in [5.41, 5.74) is 11.8. The molecule has 242 valence electrons. The summed E-state index contributed by atoms with van der Waals surface area (Å²) in [5, 5.41) is 0. The summed E-state index contributed by atoms with van der Waals surface area (Å²) in [6.07, 6.45) is 17.9. The Morgan fingerprint density at radius 1 is 0.478 bits per heavy atom. The van der Waals surface area contributed by atoms with E-state index in [9.17, 15) is 8.42 Å². The first-order valence-corrected chi connectivity index (χ1v) is 19.5. The Morgan fingerprint density at radius 2 is 0.913 bits per heavy atom. The molecule has 0 amide bonds. The van der Waals surface area contributed by atoms with Crippen molar-refractivity contribution in [3.8, 4) is 33.4 Å². The van der Waals surface area contributed by atoms with Gasteiger partial charge in [0, 0.05) is 16.5 Å². The molecule has 0 radical (unpaired) electrons. The second kappa shape index (κ2) is 13.9. The Hall–Kier alpha value is -3.17. The lowest BCUT2D eigenvalue weighted by atomic mass is 9.70. The highest BCUT2D eigenvalue weighted by molar-refractivity contribution is 7.92. The quantitative estimate of drug-likeness (QED) is 0.108. The molecule has 0 spiro atoms. The third-order valence-electron chi connectivity index (χ3n) is 10.8. The van der Waals surface area contributed by atoms with Crippen molar-refractivity contribution >= 4 is 9.84 Å². The van der Waals surface area contributed by atoms with E-state index in [1.54, 1.807) is 0 Å². The van der Waals surface area contributed by atoms with E-state index >= 15 is 0 Å². The Morgan fingerprint density at radius 3 is 1.52 bits per heavy atom. The van der Waals surface area contributed by atoms with E-state index in [2.05, 4.69) is 63.2 Å². The van der Waals surface area contributed by atoms with Crippen molar-refractivity contribution in [1.29, 1.82) is 0 Å². The van der Waals surface area contributed by atoms with Gasteiger partial charge in [0.05, 0.1) is 9.79 Å². The van der Waals surface area contributed by atoms with E-state index in [0.29, 0.717) is 9.79 Å². The zero-order chi connectivity index (χ0) is 32.3. The van der Waals surface area contributed by atoms with Crippen LogP contribution in [-0.4, -0.2) is 8.42 Å². The lowest BCUT2D eigenvalue weighted by molar-refractivity contribution is 0.398. The summed E-state index contributed by atoms with van der Waals surface area (Å²) in [7, 11) is -3.54. The van der Waals surface area contributed by atoms with Crippen LogP contribution >= 0.6 is 0 Å². The summed E-state index contributed by atoms with van der Waals surface area (Å²) < 4.78 is 27.4. The van der Waals surface area contributed by atoms with E-state index in [-0.39, 0.29) is 5.41 Å². The molecule has 1 aliphatic carbocycles. The fourth-order valence-electron chi connectivity index (χ4n) is 8.21. The molecule has 2 nitrogen and oxygen atoms in total. The molecule has 2 aliphatic rings. The van der Waals surface area contributed by atoms with Crippen molar-refractivity contribution in [2.75, 3.05) is 0 Å². The van der Waals surface area contributed by atoms with Crippen LogP contribution in [0, 0.1) is 13.8 Å². The average molecular weight is 633 g/mol. The maximum absolute atomic E-state index is 13.7. The van der Waals surface area contributed by atoms with Gasteiger partial charge in [0.25, 0.3) is 0 Å². The van der Waals surface area contributed by atoms with Crippen molar-refractivity contribution in [1.82, 2.24) is 0 Å². The molecular formula is C43H52O2S. The monoisotopic (exact) mass is 632 g/mol. The maximum Gasteiger partial charge on any atom is 0.207 e. The number of hydrogen-bond donors (Lipinski definition) is 0. The van der Waals surface area contributed by atoms with E-state index in [4.69, 9.17) is 0 Å². The highest BCUT2D eigenvalue weighted by atomic mass is 32.2. The molecule has 0 aromatic heterocycles. The van der Waals surface area contributed by atoms with E-state index in [0.717, 1.165) is 27.8 Å². The van der Waals surface area contributed by atoms with E-state index in [1.807, 2.05) is 37.3 Å². The van der Waals surface area contributed by atoms with Crippen molar-refractivity contribution in [3.05, 3.63) is 95.1 Å². The highest BCUT2D eigenvalue weighted by Crippen LogP contribution is 2.55. The Labute approximate surface area is 278 Å². The molecule has 46 heavy (non-hydrogen) atoms. The molecule has 0 N–H and O–H groups in total. The summed E-state index contributed by atoms with van der Waals surface area (Å²) in [4.78, 5) is 0.881. The summed E-state index contributed by atoms with van der Waals surface area (Å²) >= 11 is 0. The normalized spacial score (nSPS) is 15.0. The number of benzene rings is 4. The van der Waals surface area contributed by atoms with Crippen molar-refractivity contribution < 1.29 is 8.42 Å². The molecule has 0 saturated heterocycles. The Balaban J connectivity index is 1.39. The summed E-state index contributed by atoms with van der Waals surface area (Å²) in [5.74, 6) is 0. The van der Waals surface area contributed by atoms with Crippen LogP contribution in [0.3, 0.4) is 0 Å². The average Bonchev–Trinajstić information content (AvgIpc) is 3.44. The standard InChI is InChI=1S/C43H52O2S/c1-5-7-9-11-13-15-25-43(26-16-14-12-10-8-6-2)39-27-31(3)17-21-35(39)36-23-19-33(29-40(36)43)34-20-24-38-37-22-18-32(4)28-41(37)46(44,45)42(38)30-34/h17-24,27-30H,5-16,25-26H2,1-4H3. The Kier molecular flexibility index (Phi) is 9.90. The topological polar surface area (TPSA) is 34.1 Å². The minimum Gasteiger partial charge on any atom is -0.218 e. The molecule has 0 saturated carbocycles. The molecular weight excluding hydrogens is 581 g/mol. The van der Waals surface area contributed by atoms with Crippen LogP contribution in [0.15, 0.2) is 82.6 Å². The molecule has 0 atom stereocenters. The van der Waals surface area contributed by atoms with Gasteiger partial charge in [0.15, 0.2) is 0 Å². The third kappa shape index (κ3) is 6.13. The first kappa shape index (κ1) is 32.8. The third-order valence-corrected chi connectivity index (χ3v) is 12.6. The van der Waals surface area contributed by atoms with Crippen LogP contribution in [0.1, 0.15) is 126 Å². The van der Waals surface area contributed by atoms with Crippen molar-refractivity contribution in [2.24, 2.45) is 0 Å². The number of hydrogen-bond acceptors (Lipinski definition) is 2. The van der Waals surface area contributed by atoms with Crippen molar-refractivity contribution in [2.45, 2.75) is 133 Å². The summed E-state index contributed by atoms with van der Waals surface area (Å²) in [6, 6.07) is 25.9. The second-order valence-electron chi connectivity index (χ2n) is 14.1. The van der Waals surface area contributed by atoms with Crippen molar-refractivity contribution in [3.63, 3.8) is 0 Å². The molecule has 0 fully saturated rings. The van der Waals surface area contributed by atoms with Crippen LogP contribution in [-0.2, 0) is 15.3 Å². The maximum atomic E-state index is 13.7. The molecule has 0 unspecified atom stereocenters. The van der Waals surface area contributed by atoms with Gasteiger partial charge in [0.2, 0.25) is 9.84 Å². The number of aryl methyl sites for hydroxylation is 2. The number of unbranched alkanes of at least 4 members (excludes halogenated alkanes) is 10. The van der Waals surface area contributed by atoms with Gasteiger partial charge in [-0.3, -0.25) is 0 Å². The second-order valence-corrected chi connectivity index (χ2v) is 16.0. The molecule has 4 aromatic carbocycles. The number of fused-ring (bicyclic) bond motifs is 6. The minimum atomic E-state index is -3.54. The van der Waals surface area contributed by atoms with Crippen LogP contribution in [0.5, 0.6) is 0 Å². The van der Waals surface area contributed by atoms with E-state index < -0.39 is 9.84 Å². The molecule has 1 aliphatic heterocycles. The van der Waals surface area contributed by atoms with Gasteiger partial charge in [-0.15, -0.1) is 0 Å². The molecule has 1 heterocycles. The fourth-order valence-corrected chi connectivity index (χ4v) is 10.0. The first-order valence-electron chi connectivity index (χ1n) is 18.1. The predicted molar refractivity (Wildman–Crippen MR) is 194 cm³/mol. The lowest BCUT2D eigenvalue weighted by Crippen LogP contribution is -2.25. The Bertz CT molecular complexity index is 1800. The van der Waals surface area contributed by atoms with Gasteiger partial charge in [-0.2, -0.15) is 0 Å². The highest BCUT2D eigenvalue weighted by Gasteiger charge is 2.42. The molecule has 4 aromatic rings. The molecule has 3 heteroatoms. The smallest absolute Gasteiger partial charge is 0.207 e. The van der Waals surface area contributed by atoms with Crippen LogP contribution < -0.4 is 0 Å². The van der Waals surface area contributed by atoms with E-state index in [1.165, 1.54) is 118 Å².